The van der Waals surface area contributed by atoms with Crippen LogP contribution < -0.4 is 0 Å². The molecule has 0 aromatic rings. The summed E-state index contributed by atoms with van der Waals surface area (Å²) in [6.07, 6.45) is 7.43. The molecular weight excluding hydrogens is 352 g/mol. The Morgan fingerprint density at radius 2 is 1.57 bits per heavy atom. The van der Waals surface area contributed by atoms with Gasteiger partial charge in [0.2, 0.25) is 0 Å². The third kappa shape index (κ3) is 4.74. The van der Waals surface area contributed by atoms with E-state index in [2.05, 4.69) is 20.8 Å². The number of ether oxygens (including phenoxy) is 2. The van der Waals surface area contributed by atoms with Crippen LogP contribution in [0.4, 0.5) is 0 Å². The average molecular weight is 393 g/mol. The van der Waals surface area contributed by atoms with Gasteiger partial charge in [-0.15, -0.1) is 0 Å². The molecular formula is C24H40O4. The summed E-state index contributed by atoms with van der Waals surface area (Å²) in [7, 11) is 0. The van der Waals surface area contributed by atoms with Gasteiger partial charge in [0.05, 0.1) is 13.0 Å². The van der Waals surface area contributed by atoms with Crippen LogP contribution >= 0.6 is 0 Å². The number of hydrogen-bond donors (Lipinski definition) is 0. The summed E-state index contributed by atoms with van der Waals surface area (Å²) >= 11 is 0. The van der Waals surface area contributed by atoms with Crippen LogP contribution in [-0.4, -0.2) is 24.1 Å². The van der Waals surface area contributed by atoms with Gasteiger partial charge in [-0.2, -0.15) is 0 Å². The Bertz CT molecular complexity index is 602. The topological polar surface area (TPSA) is 52.6 Å². The second kappa shape index (κ2) is 7.65. The van der Waals surface area contributed by atoms with E-state index < -0.39 is 0 Å². The molecule has 4 heteroatoms. The minimum atomic E-state index is -0.317. The Labute approximate surface area is 171 Å². The molecule has 0 saturated heterocycles. The molecule has 0 aromatic carbocycles. The van der Waals surface area contributed by atoms with Gasteiger partial charge in [0.15, 0.2) is 0 Å². The van der Waals surface area contributed by atoms with Crippen LogP contribution in [0, 0.1) is 34.5 Å². The summed E-state index contributed by atoms with van der Waals surface area (Å²) in [5, 5.41) is 0. The second-order valence-electron chi connectivity index (χ2n) is 11.8. The maximum atomic E-state index is 12.6. The van der Waals surface area contributed by atoms with Crippen molar-refractivity contribution in [1.82, 2.24) is 0 Å². The number of carbonyl (C=O) groups excluding carboxylic acids is 2. The predicted molar refractivity (Wildman–Crippen MR) is 110 cm³/mol. The van der Waals surface area contributed by atoms with E-state index in [1.165, 1.54) is 32.1 Å². The van der Waals surface area contributed by atoms with Crippen molar-refractivity contribution in [2.24, 2.45) is 34.5 Å². The molecule has 160 valence electrons. The van der Waals surface area contributed by atoms with E-state index in [0.717, 1.165) is 11.8 Å². The SMILES string of the molecule is CC(C)(C)CC(=O)OCCCC(=O)OC1(C)C2CC3CC(C2)C(C)(C)CC1C3. The highest BCUT2D eigenvalue weighted by Gasteiger charge is 2.58. The first kappa shape index (κ1) is 21.6. The zero-order chi connectivity index (χ0) is 20.7. The largest absolute Gasteiger partial charge is 0.466 e. The number of hydrogen-bond acceptors (Lipinski definition) is 4. The molecule has 4 aliphatic carbocycles. The number of fused-ring (bicyclic) bond motifs is 1. The summed E-state index contributed by atoms with van der Waals surface area (Å²) in [4.78, 5) is 24.4. The number of esters is 2. The monoisotopic (exact) mass is 392 g/mol. The third-order valence-electron chi connectivity index (χ3n) is 7.72. The van der Waals surface area contributed by atoms with Gasteiger partial charge in [-0.3, -0.25) is 9.59 Å². The van der Waals surface area contributed by atoms with E-state index in [0.29, 0.717) is 43.1 Å². The highest BCUT2D eigenvalue weighted by molar-refractivity contribution is 5.71. The Hall–Kier alpha value is -1.06. The van der Waals surface area contributed by atoms with Crippen molar-refractivity contribution in [2.75, 3.05) is 6.61 Å². The molecule has 5 atom stereocenters. The molecule has 4 fully saturated rings. The summed E-state index contributed by atoms with van der Waals surface area (Å²) in [6.45, 7) is 13.4. The highest BCUT2D eigenvalue weighted by Crippen LogP contribution is 2.61. The molecule has 0 amide bonds. The Kier molecular flexibility index (Phi) is 5.91. The highest BCUT2D eigenvalue weighted by atomic mass is 16.6. The molecule has 0 N–H and O–H groups in total. The molecule has 0 spiro atoms. The fourth-order valence-corrected chi connectivity index (χ4v) is 6.14. The second-order valence-corrected chi connectivity index (χ2v) is 11.8. The molecule has 4 saturated carbocycles. The molecule has 5 unspecified atom stereocenters. The molecule has 0 radical (unpaired) electrons. The average Bonchev–Trinajstić information content (AvgIpc) is 2.66. The zero-order valence-electron chi connectivity index (χ0n) is 18.8. The molecule has 4 rings (SSSR count). The lowest BCUT2D eigenvalue weighted by Gasteiger charge is -2.50. The maximum absolute atomic E-state index is 12.6. The molecule has 0 heterocycles. The van der Waals surface area contributed by atoms with Crippen molar-refractivity contribution >= 4 is 11.9 Å². The van der Waals surface area contributed by atoms with Gasteiger partial charge in [-0.1, -0.05) is 34.6 Å². The van der Waals surface area contributed by atoms with Gasteiger partial charge in [0, 0.05) is 6.42 Å². The van der Waals surface area contributed by atoms with Crippen molar-refractivity contribution in [3.05, 3.63) is 0 Å². The van der Waals surface area contributed by atoms with Crippen LogP contribution in [0.2, 0.25) is 0 Å². The van der Waals surface area contributed by atoms with Gasteiger partial charge < -0.3 is 9.47 Å². The van der Waals surface area contributed by atoms with Crippen LogP contribution in [-0.2, 0) is 19.1 Å². The van der Waals surface area contributed by atoms with Crippen LogP contribution in [0.5, 0.6) is 0 Å². The van der Waals surface area contributed by atoms with Crippen molar-refractivity contribution in [3.8, 4) is 0 Å². The Balaban J connectivity index is 1.51. The van der Waals surface area contributed by atoms with Gasteiger partial charge in [-0.25, -0.2) is 0 Å². The van der Waals surface area contributed by atoms with Crippen molar-refractivity contribution in [1.29, 1.82) is 0 Å². The normalized spacial score (nSPS) is 36.1. The maximum Gasteiger partial charge on any atom is 0.306 e. The molecule has 4 bridgehead atoms. The van der Waals surface area contributed by atoms with E-state index in [1.54, 1.807) is 0 Å². The summed E-state index contributed by atoms with van der Waals surface area (Å²) in [5.74, 6) is 2.26. The van der Waals surface area contributed by atoms with Crippen LogP contribution in [0.15, 0.2) is 0 Å². The number of rotatable bonds is 6. The standard InChI is InChI=1S/C24H40O4/c1-22(2,3)15-21(26)27-9-7-8-20(25)28-24(6)18-11-16-10-17(13-18)23(4,5)14-19(24)12-16/h16-19H,7-15H2,1-6H3. The van der Waals surface area contributed by atoms with Gasteiger partial charge in [-0.05, 0) is 80.0 Å². The lowest BCUT2D eigenvalue weighted by atomic mass is 9.60. The molecule has 4 aliphatic rings. The Morgan fingerprint density at radius 3 is 2.25 bits per heavy atom. The molecule has 28 heavy (non-hydrogen) atoms. The van der Waals surface area contributed by atoms with Gasteiger partial charge in [0.25, 0.3) is 0 Å². The minimum absolute atomic E-state index is 0.0731. The Morgan fingerprint density at radius 1 is 0.929 bits per heavy atom. The third-order valence-corrected chi connectivity index (χ3v) is 7.72. The first-order chi connectivity index (χ1) is 12.9. The number of carbonyl (C=O) groups is 2. The molecule has 0 aliphatic heterocycles. The van der Waals surface area contributed by atoms with E-state index >= 15 is 0 Å². The molecule has 0 aromatic heterocycles. The zero-order valence-corrected chi connectivity index (χ0v) is 18.8. The quantitative estimate of drug-likeness (QED) is 0.440. The van der Waals surface area contributed by atoms with Gasteiger partial charge in [0.1, 0.15) is 5.60 Å². The summed E-state index contributed by atoms with van der Waals surface area (Å²) in [6, 6.07) is 0. The van der Waals surface area contributed by atoms with E-state index in [4.69, 9.17) is 9.47 Å². The van der Waals surface area contributed by atoms with Crippen LogP contribution in [0.25, 0.3) is 0 Å². The van der Waals surface area contributed by atoms with Crippen molar-refractivity contribution in [2.45, 2.75) is 98.5 Å². The fraction of sp³-hybridized carbons (Fsp3) is 0.917. The lowest BCUT2D eigenvalue weighted by Crippen LogP contribution is -2.51. The molecule has 4 nitrogen and oxygen atoms in total. The van der Waals surface area contributed by atoms with Crippen LogP contribution in [0.1, 0.15) is 92.9 Å². The van der Waals surface area contributed by atoms with Crippen LogP contribution in [0.3, 0.4) is 0 Å². The lowest BCUT2D eigenvalue weighted by molar-refractivity contribution is -0.183. The van der Waals surface area contributed by atoms with E-state index in [-0.39, 0.29) is 23.0 Å². The van der Waals surface area contributed by atoms with Crippen molar-refractivity contribution < 1.29 is 19.1 Å². The predicted octanol–water partition coefficient (Wildman–Crippen LogP) is 5.53. The van der Waals surface area contributed by atoms with E-state index in [9.17, 15) is 9.59 Å². The summed E-state index contributed by atoms with van der Waals surface area (Å²) in [5.41, 5.74) is -0.0389. The minimum Gasteiger partial charge on any atom is -0.466 e. The smallest absolute Gasteiger partial charge is 0.306 e. The first-order valence-electron chi connectivity index (χ1n) is 11.3. The summed E-state index contributed by atoms with van der Waals surface area (Å²) < 4.78 is 11.5. The van der Waals surface area contributed by atoms with Crippen molar-refractivity contribution in [3.63, 3.8) is 0 Å². The van der Waals surface area contributed by atoms with Gasteiger partial charge >= 0.3 is 11.9 Å². The fourth-order valence-electron chi connectivity index (χ4n) is 6.14. The van der Waals surface area contributed by atoms with E-state index in [1.807, 2.05) is 20.8 Å². The first-order valence-corrected chi connectivity index (χ1v) is 11.3.